The topological polar surface area (TPSA) is 101 Å². The second kappa shape index (κ2) is 11.9. The fraction of sp³-hybridized carbons (Fsp3) is 0.200. The normalized spacial score (nSPS) is 10.7. The number of nitrogens with zero attached hydrogens (tertiary/aromatic N) is 1. The van der Waals surface area contributed by atoms with Crippen LogP contribution in [0.1, 0.15) is 11.1 Å². The van der Waals surface area contributed by atoms with Gasteiger partial charge in [0.05, 0.1) is 46.2 Å². The molecule has 0 spiro atoms. The molecule has 0 radical (unpaired) electrons. The number of nitro benzene ring substituents is 1. The third-order valence-electron chi connectivity index (χ3n) is 4.96. The van der Waals surface area contributed by atoms with Gasteiger partial charge in [-0.25, -0.2) is 0 Å². The number of anilines is 1. The Kier molecular flexibility index (Phi) is 8.69. The molecule has 0 aromatic heterocycles. The van der Waals surface area contributed by atoms with E-state index in [0.717, 1.165) is 11.1 Å². The Hall–Kier alpha value is -4.05. The van der Waals surface area contributed by atoms with Crippen molar-refractivity contribution in [1.29, 1.82) is 0 Å². The van der Waals surface area contributed by atoms with Crippen LogP contribution in [0.25, 0.3) is 12.2 Å². The van der Waals surface area contributed by atoms with E-state index < -0.39 is 4.92 Å². The summed E-state index contributed by atoms with van der Waals surface area (Å²) in [7, 11) is 7.79. The Bertz CT molecular complexity index is 1210. The molecule has 0 aliphatic rings. The average molecular weight is 499 g/mol. The van der Waals surface area contributed by atoms with Crippen LogP contribution >= 0.6 is 11.9 Å². The standard InChI is InChI=1S/C25H26N2O7S/c1-30-21-12-16(9-10-17-13-22(31-2)25(34-5)23(14-17)32-3)11-20(24(21)33-4)26-35-19-8-6-7-18(15-19)27(28)29/h6-15,26H,1-5H3/b10-9-. The zero-order valence-electron chi connectivity index (χ0n) is 20.0. The molecule has 3 rings (SSSR count). The lowest BCUT2D eigenvalue weighted by Gasteiger charge is -2.15. The molecule has 3 aromatic carbocycles. The molecule has 0 saturated heterocycles. The van der Waals surface area contributed by atoms with E-state index in [4.69, 9.17) is 23.7 Å². The van der Waals surface area contributed by atoms with Crippen molar-refractivity contribution in [2.75, 3.05) is 40.3 Å². The average Bonchev–Trinajstić information content (AvgIpc) is 2.89. The van der Waals surface area contributed by atoms with Gasteiger partial charge in [0.15, 0.2) is 23.0 Å². The lowest BCUT2D eigenvalue weighted by Crippen LogP contribution is -1.97. The number of non-ortho nitro benzene ring substituents is 1. The number of benzene rings is 3. The van der Waals surface area contributed by atoms with Gasteiger partial charge in [0.2, 0.25) is 5.75 Å². The molecule has 0 fully saturated rings. The van der Waals surface area contributed by atoms with Crippen molar-refractivity contribution in [3.8, 4) is 28.7 Å². The highest BCUT2D eigenvalue weighted by atomic mass is 32.2. The number of hydrogen-bond acceptors (Lipinski definition) is 9. The summed E-state index contributed by atoms with van der Waals surface area (Å²) in [5.41, 5.74) is 2.34. The summed E-state index contributed by atoms with van der Waals surface area (Å²) in [4.78, 5) is 11.3. The molecule has 10 heteroatoms. The molecule has 35 heavy (non-hydrogen) atoms. The van der Waals surface area contributed by atoms with Crippen molar-refractivity contribution < 1.29 is 28.6 Å². The molecule has 1 N–H and O–H groups in total. The summed E-state index contributed by atoms with van der Waals surface area (Å²) in [5.74, 6) is 2.66. The van der Waals surface area contributed by atoms with E-state index in [2.05, 4.69) is 4.72 Å². The SMILES string of the molecule is COc1cc(/C=C\c2cc(OC)c(OC)c(OC)c2)cc(NSc2cccc([N+](=O)[O-])c2)c1OC. The molecule has 0 saturated carbocycles. The van der Waals surface area contributed by atoms with Crippen LogP contribution in [0.15, 0.2) is 53.4 Å². The van der Waals surface area contributed by atoms with Crippen LogP contribution in [0.4, 0.5) is 11.4 Å². The Labute approximate surface area is 207 Å². The quantitative estimate of drug-likeness (QED) is 0.149. The minimum absolute atomic E-state index is 0.0170. The van der Waals surface area contributed by atoms with Gasteiger partial charge in [0.25, 0.3) is 5.69 Å². The fourth-order valence-corrected chi connectivity index (χ4v) is 4.03. The molecule has 184 valence electrons. The predicted octanol–water partition coefficient (Wildman–Crippen LogP) is 5.93. The van der Waals surface area contributed by atoms with Crippen molar-refractivity contribution in [3.05, 3.63) is 69.8 Å². The lowest BCUT2D eigenvalue weighted by molar-refractivity contribution is -0.385. The first-order valence-corrected chi connectivity index (χ1v) is 11.2. The van der Waals surface area contributed by atoms with Crippen LogP contribution in [0.3, 0.4) is 0 Å². The van der Waals surface area contributed by atoms with E-state index in [0.29, 0.717) is 39.3 Å². The second-order valence-electron chi connectivity index (χ2n) is 7.05. The number of nitro groups is 1. The summed E-state index contributed by atoms with van der Waals surface area (Å²) < 4.78 is 30.5. The molecule has 0 aliphatic heterocycles. The van der Waals surface area contributed by atoms with Crippen molar-refractivity contribution >= 4 is 35.5 Å². The summed E-state index contributed by atoms with van der Waals surface area (Å²) in [5, 5.41) is 11.1. The van der Waals surface area contributed by atoms with Crippen LogP contribution in [0.2, 0.25) is 0 Å². The minimum atomic E-state index is -0.428. The van der Waals surface area contributed by atoms with Crippen LogP contribution in [-0.2, 0) is 0 Å². The van der Waals surface area contributed by atoms with Gasteiger partial charge >= 0.3 is 0 Å². The number of hydrogen-bond donors (Lipinski definition) is 1. The van der Waals surface area contributed by atoms with Gasteiger partial charge in [-0.2, -0.15) is 0 Å². The first-order valence-electron chi connectivity index (χ1n) is 10.4. The van der Waals surface area contributed by atoms with Gasteiger partial charge in [-0.15, -0.1) is 0 Å². The van der Waals surface area contributed by atoms with Crippen LogP contribution in [-0.4, -0.2) is 40.5 Å². The Morgan fingerprint density at radius 2 is 1.31 bits per heavy atom. The molecule has 0 aliphatic carbocycles. The van der Waals surface area contributed by atoms with Gasteiger partial charge in [-0.3, -0.25) is 10.1 Å². The first-order chi connectivity index (χ1) is 16.9. The van der Waals surface area contributed by atoms with E-state index >= 15 is 0 Å². The third kappa shape index (κ3) is 6.10. The van der Waals surface area contributed by atoms with Crippen molar-refractivity contribution in [2.24, 2.45) is 0 Å². The maximum absolute atomic E-state index is 11.1. The summed E-state index contributed by atoms with van der Waals surface area (Å²) >= 11 is 1.23. The van der Waals surface area contributed by atoms with Gasteiger partial charge in [-0.05, 0) is 53.4 Å². The summed E-state index contributed by atoms with van der Waals surface area (Å²) in [6, 6.07) is 13.8. The number of ether oxygens (including phenoxy) is 5. The smallest absolute Gasteiger partial charge is 0.270 e. The maximum Gasteiger partial charge on any atom is 0.270 e. The minimum Gasteiger partial charge on any atom is -0.493 e. The van der Waals surface area contributed by atoms with E-state index in [-0.39, 0.29) is 5.69 Å². The van der Waals surface area contributed by atoms with Gasteiger partial charge < -0.3 is 28.4 Å². The Morgan fingerprint density at radius 1 is 0.771 bits per heavy atom. The van der Waals surface area contributed by atoms with E-state index in [1.165, 1.54) is 24.1 Å². The highest BCUT2D eigenvalue weighted by Gasteiger charge is 2.14. The Morgan fingerprint density at radius 3 is 1.83 bits per heavy atom. The van der Waals surface area contributed by atoms with E-state index in [1.54, 1.807) is 47.7 Å². The van der Waals surface area contributed by atoms with Crippen molar-refractivity contribution in [3.63, 3.8) is 0 Å². The van der Waals surface area contributed by atoms with Gasteiger partial charge in [0, 0.05) is 17.0 Å². The molecule has 0 heterocycles. The van der Waals surface area contributed by atoms with Crippen molar-refractivity contribution in [2.45, 2.75) is 4.90 Å². The largest absolute Gasteiger partial charge is 0.493 e. The molecule has 3 aromatic rings. The van der Waals surface area contributed by atoms with E-state index in [9.17, 15) is 10.1 Å². The number of methoxy groups -OCH3 is 5. The van der Waals surface area contributed by atoms with E-state index in [1.807, 2.05) is 36.4 Å². The predicted molar refractivity (Wildman–Crippen MR) is 137 cm³/mol. The zero-order valence-corrected chi connectivity index (χ0v) is 20.8. The molecule has 9 nitrogen and oxygen atoms in total. The third-order valence-corrected chi connectivity index (χ3v) is 5.78. The second-order valence-corrected chi connectivity index (χ2v) is 7.93. The highest BCUT2D eigenvalue weighted by Crippen LogP contribution is 2.41. The number of rotatable bonds is 11. The summed E-state index contributed by atoms with van der Waals surface area (Å²) in [6.07, 6.45) is 3.81. The zero-order chi connectivity index (χ0) is 25.4. The van der Waals surface area contributed by atoms with Gasteiger partial charge in [0.1, 0.15) is 0 Å². The molecule has 0 atom stereocenters. The fourth-order valence-electron chi connectivity index (χ4n) is 3.32. The number of nitrogens with one attached hydrogen (secondary N) is 1. The van der Waals surface area contributed by atoms with Crippen LogP contribution in [0.5, 0.6) is 28.7 Å². The molecular formula is C25H26N2O7S. The van der Waals surface area contributed by atoms with Crippen molar-refractivity contribution in [1.82, 2.24) is 0 Å². The lowest BCUT2D eigenvalue weighted by atomic mass is 10.1. The highest BCUT2D eigenvalue weighted by molar-refractivity contribution is 8.00. The summed E-state index contributed by atoms with van der Waals surface area (Å²) in [6.45, 7) is 0. The maximum atomic E-state index is 11.1. The monoisotopic (exact) mass is 498 g/mol. The first kappa shape index (κ1) is 25.6. The van der Waals surface area contributed by atoms with Gasteiger partial charge in [-0.1, -0.05) is 18.2 Å². The Balaban J connectivity index is 1.92. The molecule has 0 amide bonds. The molecule has 0 unspecified atom stereocenters. The van der Waals surface area contributed by atoms with Crippen LogP contribution in [0, 0.1) is 10.1 Å². The van der Waals surface area contributed by atoms with Crippen LogP contribution < -0.4 is 28.4 Å². The molecular weight excluding hydrogens is 472 g/mol. The molecule has 0 bridgehead atoms.